The van der Waals surface area contributed by atoms with Crippen LogP contribution in [0.4, 0.5) is 0 Å². The lowest BCUT2D eigenvalue weighted by molar-refractivity contribution is 0.191. The second-order valence-electron chi connectivity index (χ2n) is 5.96. The highest BCUT2D eigenvalue weighted by Gasteiger charge is 2.21. The van der Waals surface area contributed by atoms with E-state index in [1.165, 1.54) is 32.4 Å². The van der Waals surface area contributed by atoms with Crippen molar-refractivity contribution >= 4 is 0 Å². The van der Waals surface area contributed by atoms with Crippen molar-refractivity contribution in [3.05, 3.63) is 0 Å². The molecule has 1 fully saturated rings. The zero-order valence-electron chi connectivity index (χ0n) is 11.9. The zero-order valence-corrected chi connectivity index (χ0v) is 11.9. The average Bonchev–Trinajstić information content (AvgIpc) is 2.50. The Morgan fingerprint density at radius 1 is 1.18 bits per heavy atom. The minimum absolute atomic E-state index is 0.252. The van der Waals surface area contributed by atoms with Gasteiger partial charge in [0.2, 0.25) is 0 Å². The predicted molar refractivity (Wildman–Crippen MR) is 73.2 cm³/mol. The van der Waals surface area contributed by atoms with Gasteiger partial charge in [0.25, 0.3) is 0 Å². The number of rotatable bonds is 5. The van der Waals surface area contributed by atoms with Crippen LogP contribution in [-0.2, 0) is 0 Å². The van der Waals surface area contributed by atoms with Gasteiger partial charge in [-0.25, -0.2) is 0 Å². The highest BCUT2D eigenvalue weighted by molar-refractivity contribution is 4.80. The van der Waals surface area contributed by atoms with Crippen molar-refractivity contribution in [2.24, 2.45) is 5.92 Å². The van der Waals surface area contributed by atoms with Crippen LogP contribution in [0.5, 0.6) is 0 Å². The Hall–Kier alpha value is -0.120. The third-order valence-electron chi connectivity index (χ3n) is 3.94. The van der Waals surface area contributed by atoms with E-state index in [4.69, 9.17) is 0 Å². The van der Waals surface area contributed by atoms with Crippen LogP contribution in [0.15, 0.2) is 0 Å². The normalized spacial score (nSPS) is 25.2. The number of nitrogens with zero attached hydrogens (tertiary/aromatic N) is 1. The molecule has 0 aromatic heterocycles. The van der Waals surface area contributed by atoms with E-state index in [-0.39, 0.29) is 12.6 Å². The van der Waals surface area contributed by atoms with Crippen LogP contribution in [0, 0.1) is 5.92 Å². The van der Waals surface area contributed by atoms with Gasteiger partial charge in [0.1, 0.15) is 0 Å². The van der Waals surface area contributed by atoms with E-state index in [1.807, 2.05) is 0 Å². The summed E-state index contributed by atoms with van der Waals surface area (Å²) in [5.74, 6) is 0.504. The molecule has 0 spiro atoms. The number of likely N-dealkylation sites (tertiary alicyclic amines) is 1. The SMILES string of the molecule is CC(C)C(CO)NC1CCCN(C(C)C)CC1. The highest BCUT2D eigenvalue weighted by atomic mass is 16.3. The Morgan fingerprint density at radius 2 is 1.88 bits per heavy atom. The van der Waals surface area contributed by atoms with Crippen LogP contribution in [-0.4, -0.2) is 47.8 Å². The van der Waals surface area contributed by atoms with E-state index >= 15 is 0 Å². The fourth-order valence-electron chi connectivity index (χ4n) is 2.56. The molecule has 1 rings (SSSR count). The molecule has 1 aliphatic heterocycles. The molecule has 102 valence electrons. The van der Waals surface area contributed by atoms with Gasteiger partial charge in [0.15, 0.2) is 0 Å². The lowest BCUT2D eigenvalue weighted by Crippen LogP contribution is -2.44. The third-order valence-corrected chi connectivity index (χ3v) is 3.94. The molecule has 3 heteroatoms. The number of nitrogens with one attached hydrogen (secondary N) is 1. The van der Waals surface area contributed by atoms with Gasteiger partial charge < -0.3 is 15.3 Å². The molecule has 0 amide bonds. The topological polar surface area (TPSA) is 35.5 Å². The van der Waals surface area contributed by atoms with Crippen molar-refractivity contribution in [2.45, 2.75) is 65.1 Å². The summed E-state index contributed by atoms with van der Waals surface area (Å²) >= 11 is 0. The molecule has 1 saturated heterocycles. The van der Waals surface area contributed by atoms with Gasteiger partial charge in [-0.15, -0.1) is 0 Å². The van der Waals surface area contributed by atoms with Crippen LogP contribution in [0.1, 0.15) is 47.0 Å². The van der Waals surface area contributed by atoms with Crippen LogP contribution in [0.25, 0.3) is 0 Å². The summed E-state index contributed by atoms with van der Waals surface area (Å²) in [5.41, 5.74) is 0. The summed E-state index contributed by atoms with van der Waals surface area (Å²) in [6.45, 7) is 11.6. The van der Waals surface area contributed by atoms with E-state index in [9.17, 15) is 5.11 Å². The summed E-state index contributed by atoms with van der Waals surface area (Å²) in [7, 11) is 0. The summed E-state index contributed by atoms with van der Waals surface area (Å²) < 4.78 is 0. The minimum atomic E-state index is 0.252. The first-order valence-electron chi connectivity index (χ1n) is 7.15. The second kappa shape index (κ2) is 7.34. The van der Waals surface area contributed by atoms with Crippen LogP contribution < -0.4 is 5.32 Å². The smallest absolute Gasteiger partial charge is 0.0587 e. The van der Waals surface area contributed by atoms with Crippen molar-refractivity contribution in [2.75, 3.05) is 19.7 Å². The molecule has 2 unspecified atom stereocenters. The van der Waals surface area contributed by atoms with Crippen LogP contribution >= 0.6 is 0 Å². The van der Waals surface area contributed by atoms with Crippen LogP contribution in [0.2, 0.25) is 0 Å². The molecule has 1 aliphatic rings. The van der Waals surface area contributed by atoms with Crippen molar-refractivity contribution in [3.63, 3.8) is 0 Å². The summed E-state index contributed by atoms with van der Waals surface area (Å²) in [6, 6.07) is 1.50. The number of aliphatic hydroxyl groups excluding tert-OH is 1. The predicted octanol–water partition coefficient (Wildman–Crippen LogP) is 1.86. The molecule has 2 atom stereocenters. The van der Waals surface area contributed by atoms with Crippen molar-refractivity contribution in [1.29, 1.82) is 0 Å². The third kappa shape index (κ3) is 4.94. The van der Waals surface area contributed by atoms with Gasteiger partial charge in [0, 0.05) is 18.1 Å². The summed E-state index contributed by atoms with van der Waals surface area (Å²) in [4.78, 5) is 2.56. The Labute approximate surface area is 107 Å². The molecule has 0 bridgehead atoms. The highest BCUT2D eigenvalue weighted by Crippen LogP contribution is 2.15. The molecule has 0 aromatic rings. The van der Waals surface area contributed by atoms with Gasteiger partial charge in [-0.3, -0.25) is 0 Å². The van der Waals surface area contributed by atoms with E-state index < -0.39 is 0 Å². The largest absolute Gasteiger partial charge is 0.395 e. The maximum Gasteiger partial charge on any atom is 0.0587 e. The fourth-order valence-corrected chi connectivity index (χ4v) is 2.56. The molecule has 0 aliphatic carbocycles. The Balaban J connectivity index is 2.40. The molecule has 0 aromatic carbocycles. The molecule has 2 N–H and O–H groups in total. The zero-order chi connectivity index (χ0) is 12.8. The number of aliphatic hydroxyl groups is 1. The maximum atomic E-state index is 9.36. The standard InChI is InChI=1S/C14H30N2O/c1-11(2)14(10-17)15-13-6-5-8-16(9-7-13)12(3)4/h11-15,17H,5-10H2,1-4H3. The maximum absolute atomic E-state index is 9.36. The van der Waals surface area contributed by atoms with Crippen LogP contribution in [0.3, 0.4) is 0 Å². The fraction of sp³-hybridized carbons (Fsp3) is 1.00. The first-order chi connectivity index (χ1) is 8.04. The lowest BCUT2D eigenvalue weighted by atomic mass is 10.0. The molecule has 3 nitrogen and oxygen atoms in total. The summed E-state index contributed by atoms with van der Waals surface area (Å²) in [5, 5.41) is 13.0. The van der Waals surface area contributed by atoms with Gasteiger partial charge in [-0.2, -0.15) is 0 Å². The van der Waals surface area contributed by atoms with E-state index in [1.54, 1.807) is 0 Å². The van der Waals surface area contributed by atoms with Gasteiger partial charge in [-0.1, -0.05) is 13.8 Å². The molecule has 1 heterocycles. The van der Waals surface area contributed by atoms with Crippen molar-refractivity contribution < 1.29 is 5.11 Å². The minimum Gasteiger partial charge on any atom is -0.395 e. The lowest BCUT2D eigenvalue weighted by Gasteiger charge is -2.27. The van der Waals surface area contributed by atoms with Gasteiger partial charge in [0.05, 0.1) is 6.61 Å². The van der Waals surface area contributed by atoms with Gasteiger partial charge >= 0.3 is 0 Å². The molecular weight excluding hydrogens is 212 g/mol. The molecule has 17 heavy (non-hydrogen) atoms. The Kier molecular flexibility index (Phi) is 6.45. The van der Waals surface area contributed by atoms with Crippen molar-refractivity contribution in [1.82, 2.24) is 10.2 Å². The monoisotopic (exact) mass is 242 g/mol. The molecule has 0 saturated carbocycles. The quantitative estimate of drug-likeness (QED) is 0.772. The second-order valence-corrected chi connectivity index (χ2v) is 5.96. The van der Waals surface area contributed by atoms with E-state index in [0.717, 1.165) is 0 Å². The molecule has 0 radical (unpaired) electrons. The number of hydrogen-bond donors (Lipinski definition) is 2. The Morgan fingerprint density at radius 3 is 2.41 bits per heavy atom. The molecular formula is C14H30N2O. The van der Waals surface area contributed by atoms with Gasteiger partial charge in [-0.05, 0) is 52.1 Å². The Bertz CT molecular complexity index is 206. The summed E-state index contributed by atoms with van der Waals surface area (Å²) in [6.07, 6.45) is 3.72. The van der Waals surface area contributed by atoms with Crippen molar-refractivity contribution in [3.8, 4) is 0 Å². The first-order valence-corrected chi connectivity index (χ1v) is 7.15. The van der Waals surface area contributed by atoms with E-state index in [2.05, 4.69) is 37.9 Å². The first kappa shape index (κ1) is 14.9. The van der Waals surface area contributed by atoms with E-state index in [0.29, 0.717) is 18.0 Å². The number of hydrogen-bond acceptors (Lipinski definition) is 3. The average molecular weight is 242 g/mol.